The zero-order chi connectivity index (χ0) is 19.9. The van der Waals surface area contributed by atoms with Crippen molar-refractivity contribution >= 4 is 17.5 Å². The molecular formula is C18H23F3N2O4. The molecule has 1 fully saturated rings. The average molecular weight is 388 g/mol. The van der Waals surface area contributed by atoms with E-state index in [2.05, 4.69) is 10.1 Å². The Morgan fingerprint density at radius 1 is 1.22 bits per heavy atom. The number of benzene rings is 1. The van der Waals surface area contributed by atoms with E-state index in [1.165, 1.54) is 7.11 Å². The summed E-state index contributed by atoms with van der Waals surface area (Å²) in [4.78, 5) is 26.0. The Morgan fingerprint density at radius 3 is 2.52 bits per heavy atom. The number of hydrogen-bond donors (Lipinski definition) is 1. The van der Waals surface area contributed by atoms with Crippen LogP contribution in [0.1, 0.15) is 19.3 Å². The Balaban J connectivity index is 1.74. The molecule has 1 heterocycles. The number of amides is 2. The summed E-state index contributed by atoms with van der Waals surface area (Å²) in [6, 6.07) is 7.09. The lowest BCUT2D eigenvalue weighted by atomic mass is 9.95. The lowest BCUT2D eigenvalue weighted by molar-refractivity contribution is -0.175. The van der Waals surface area contributed by atoms with Crippen LogP contribution in [0, 0.1) is 5.92 Å². The molecule has 0 atom stereocenters. The fourth-order valence-corrected chi connectivity index (χ4v) is 2.88. The van der Waals surface area contributed by atoms with E-state index < -0.39 is 12.8 Å². The third-order valence-corrected chi connectivity index (χ3v) is 4.31. The maximum atomic E-state index is 12.4. The molecule has 0 unspecified atom stereocenters. The van der Waals surface area contributed by atoms with Gasteiger partial charge in [0.1, 0.15) is 12.4 Å². The number of halogens is 3. The van der Waals surface area contributed by atoms with Crippen LogP contribution in [-0.4, -0.2) is 56.3 Å². The molecule has 1 aliphatic heterocycles. The summed E-state index contributed by atoms with van der Waals surface area (Å²) < 4.78 is 45.6. The first-order chi connectivity index (χ1) is 12.8. The lowest BCUT2D eigenvalue weighted by Gasteiger charge is -2.31. The first-order valence-corrected chi connectivity index (χ1v) is 8.66. The van der Waals surface area contributed by atoms with Gasteiger partial charge in [-0.2, -0.15) is 13.2 Å². The highest BCUT2D eigenvalue weighted by molar-refractivity contribution is 5.94. The molecule has 2 amide bonds. The zero-order valence-corrected chi connectivity index (χ0v) is 15.1. The molecule has 1 aromatic carbocycles. The van der Waals surface area contributed by atoms with Crippen molar-refractivity contribution in [2.45, 2.75) is 25.4 Å². The van der Waals surface area contributed by atoms with Gasteiger partial charge in [-0.25, -0.2) is 0 Å². The summed E-state index contributed by atoms with van der Waals surface area (Å²) in [5.41, 5.74) is 0.588. The van der Waals surface area contributed by atoms with Crippen LogP contribution in [0.4, 0.5) is 18.9 Å². The number of rotatable bonds is 7. The van der Waals surface area contributed by atoms with Crippen LogP contribution in [0.2, 0.25) is 0 Å². The Bertz CT molecular complexity index is 644. The van der Waals surface area contributed by atoms with E-state index in [1.54, 1.807) is 29.2 Å². The van der Waals surface area contributed by atoms with E-state index in [0.29, 0.717) is 37.4 Å². The molecule has 0 aliphatic carbocycles. The van der Waals surface area contributed by atoms with E-state index in [4.69, 9.17) is 4.74 Å². The molecule has 9 heteroatoms. The second-order valence-corrected chi connectivity index (χ2v) is 6.26. The number of carbonyl (C=O) groups is 2. The van der Waals surface area contributed by atoms with Gasteiger partial charge in [0.05, 0.1) is 25.8 Å². The van der Waals surface area contributed by atoms with Crippen molar-refractivity contribution in [2.75, 3.05) is 38.7 Å². The van der Waals surface area contributed by atoms with Crippen LogP contribution in [-0.2, 0) is 14.3 Å². The van der Waals surface area contributed by atoms with Gasteiger partial charge in [0.2, 0.25) is 11.8 Å². The second-order valence-electron chi connectivity index (χ2n) is 6.26. The quantitative estimate of drug-likeness (QED) is 0.730. The highest BCUT2D eigenvalue weighted by Crippen LogP contribution is 2.26. The van der Waals surface area contributed by atoms with E-state index in [9.17, 15) is 22.8 Å². The van der Waals surface area contributed by atoms with E-state index >= 15 is 0 Å². The average Bonchev–Trinajstić information content (AvgIpc) is 2.65. The highest BCUT2D eigenvalue weighted by Gasteiger charge is 2.29. The predicted molar refractivity (Wildman–Crippen MR) is 92.4 cm³/mol. The van der Waals surface area contributed by atoms with Crippen molar-refractivity contribution in [3.8, 4) is 5.75 Å². The molecular weight excluding hydrogens is 365 g/mol. The minimum Gasteiger partial charge on any atom is -0.495 e. The first kappa shape index (κ1) is 21.0. The third kappa shape index (κ3) is 6.74. The number of hydrogen-bond acceptors (Lipinski definition) is 4. The number of ether oxygens (including phenoxy) is 2. The summed E-state index contributed by atoms with van der Waals surface area (Å²) in [6.45, 7) is -0.845. The predicted octanol–water partition coefficient (Wildman–Crippen LogP) is 2.84. The Hall–Kier alpha value is -2.29. The summed E-state index contributed by atoms with van der Waals surface area (Å²) in [7, 11) is 1.52. The SMILES string of the molecule is COc1ccccc1NC(=O)C1CCN(C(=O)CCOCC(F)(F)F)CC1. The van der Waals surface area contributed by atoms with Crippen LogP contribution in [0.5, 0.6) is 5.75 Å². The molecule has 6 nitrogen and oxygen atoms in total. The zero-order valence-electron chi connectivity index (χ0n) is 15.1. The van der Waals surface area contributed by atoms with Gasteiger partial charge in [-0.3, -0.25) is 9.59 Å². The number of anilines is 1. The molecule has 150 valence electrons. The summed E-state index contributed by atoms with van der Waals surface area (Å²) in [6.07, 6.45) is -3.50. The largest absolute Gasteiger partial charge is 0.495 e. The third-order valence-electron chi connectivity index (χ3n) is 4.31. The molecule has 0 radical (unpaired) electrons. The summed E-state index contributed by atoms with van der Waals surface area (Å²) in [5, 5.41) is 2.84. The van der Waals surface area contributed by atoms with Crippen LogP contribution in [0.25, 0.3) is 0 Å². The number of piperidine rings is 1. The molecule has 1 saturated heterocycles. The van der Waals surface area contributed by atoms with Crippen molar-refractivity contribution in [2.24, 2.45) is 5.92 Å². The van der Waals surface area contributed by atoms with Gasteiger partial charge in [-0.05, 0) is 25.0 Å². The molecule has 1 aromatic rings. The van der Waals surface area contributed by atoms with Crippen LogP contribution < -0.4 is 10.1 Å². The van der Waals surface area contributed by atoms with E-state index in [0.717, 1.165) is 0 Å². The van der Waals surface area contributed by atoms with Crippen molar-refractivity contribution in [1.29, 1.82) is 0 Å². The van der Waals surface area contributed by atoms with Crippen LogP contribution in [0.3, 0.4) is 0 Å². The van der Waals surface area contributed by atoms with Gasteiger partial charge in [0.25, 0.3) is 0 Å². The number of likely N-dealkylation sites (tertiary alicyclic amines) is 1. The highest BCUT2D eigenvalue weighted by atomic mass is 19.4. The Kier molecular flexibility index (Phi) is 7.46. The van der Waals surface area contributed by atoms with E-state index in [-0.39, 0.29) is 30.8 Å². The minimum absolute atomic E-state index is 0.103. The molecule has 1 aliphatic rings. The molecule has 0 saturated carbocycles. The van der Waals surface area contributed by atoms with Crippen molar-refractivity contribution < 1.29 is 32.2 Å². The Labute approximate surface area is 155 Å². The van der Waals surface area contributed by atoms with Gasteiger partial charge in [0.15, 0.2) is 0 Å². The summed E-state index contributed by atoms with van der Waals surface area (Å²) >= 11 is 0. The monoisotopic (exact) mass is 388 g/mol. The number of carbonyl (C=O) groups excluding carboxylic acids is 2. The number of nitrogens with zero attached hydrogens (tertiary/aromatic N) is 1. The number of methoxy groups -OCH3 is 1. The molecule has 2 rings (SSSR count). The van der Waals surface area contributed by atoms with Gasteiger partial charge in [-0.15, -0.1) is 0 Å². The smallest absolute Gasteiger partial charge is 0.411 e. The van der Waals surface area contributed by atoms with E-state index in [1.807, 2.05) is 0 Å². The van der Waals surface area contributed by atoms with Crippen molar-refractivity contribution in [1.82, 2.24) is 4.90 Å². The molecule has 0 bridgehead atoms. The number of para-hydroxylation sites is 2. The Morgan fingerprint density at radius 2 is 1.89 bits per heavy atom. The second kappa shape index (κ2) is 9.59. The topological polar surface area (TPSA) is 67.9 Å². The molecule has 0 aromatic heterocycles. The van der Waals surface area contributed by atoms with Gasteiger partial charge >= 0.3 is 6.18 Å². The summed E-state index contributed by atoms with van der Waals surface area (Å²) in [5.74, 6) is -0.0707. The van der Waals surface area contributed by atoms with Crippen molar-refractivity contribution in [3.05, 3.63) is 24.3 Å². The van der Waals surface area contributed by atoms with Crippen LogP contribution >= 0.6 is 0 Å². The number of nitrogens with one attached hydrogen (secondary N) is 1. The first-order valence-electron chi connectivity index (χ1n) is 8.66. The van der Waals surface area contributed by atoms with Gasteiger partial charge < -0.3 is 19.7 Å². The van der Waals surface area contributed by atoms with Crippen LogP contribution in [0.15, 0.2) is 24.3 Å². The fourth-order valence-electron chi connectivity index (χ4n) is 2.88. The molecule has 27 heavy (non-hydrogen) atoms. The number of alkyl halides is 3. The standard InChI is InChI=1S/C18H23F3N2O4/c1-26-15-5-3-2-4-14(15)22-17(25)13-6-9-23(10-7-13)16(24)8-11-27-12-18(19,20)21/h2-5,13H,6-12H2,1H3,(H,22,25). The van der Waals surface area contributed by atoms with Crippen molar-refractivity contribution in [3.63, 3.8) is 0 Å². The maximum absolute atomic E-state index is 12.4. The normalized spacial score (nSPS) is 15.5. The lowest BCUT2D eigenvalue weighted by Crippen LogP contribution is -2.41. The fraction of sp³-hybridized carbons (Fsp3) is 0.556. The molecule has 0 spiro atoms. The van der Waals surface area contributed by atoms with Gasteiger partial charge in [0, 0.05) is 19.0 Å². The van der Waals surface area contributed by atoms with Gasteiger partial charge in [-0.1, -0.05) is 12.1 Å². The molecule has 1 N–H and O–H groups in total. The minimum atomic E-state index is -4.39. The maximum Gasteiger partial charge on any atom is 0.411 e.